The van der Waals surface area contributed by atoms with Crippen LogP contribution in [0.5, 0.6) is 0 Å². The molecule has 0 saturated carbocycles. The first-order chi connectivity index (χ1) is 8.58. The first kappa shape index (κ1) is 12.9. The zero-order valence-electron chi connectivity index (χ0n) is 9.45. The van der Waals surface area contributed by atoms with E-state index in [1.165, 1.54) is 17.5 Å². The third-order valence-electron chi connectivity index (χ3n) is 2.38. The number of sulfone groups is 1. The molecule has 2 rings (SSSR count). The molecular weight excluding hydrogens is 268 g/mol. The van der Waals surface area contributed by atoms with E-state index >= 15 is 0 Å². The molecule has 92 valence electrons. The summed E-state index contributed by atoms with van der Waals surface area (Å²) in [6.45, 7) is 0. The van der Waals surface area contributed by atoms with Crippen molar-refractivity contribution in [2.24, 2.45) is 0 Å². The topological polar surface area (TPSA) is 34.1 Å². The molecule has 0 fully saturated rings. The molecule has 0 aliphatic rings. The van der Waals surface area contributed by atoms with Crippen LogP contribution in [-0.4, -0.2) is 8.42 Å². The quantitative estimate of drug-likeness (QED) is 0.856. The predicted molar refractivity (Wildman–Crippen MR) is 74.1 cm³/mol. The maximum Gasteiger partial charge on any atom is 0.199 e. The Balaban J connectivity index is 2.28. The molecule has 2 aromatic carbocycles. The van der Waals surface area contributed by atoms with Gasteiger partial charge in [-0.3, -0.25) is 0 Å². The van der Waals surface area contributed by atoms with Gasteiger partial charge in [0.15, 0.2) is 9.84 Å². The fraction of sp³-hybridized carbons (Fsp3) is 0. The number of hydrogen-bond acceptors (Lipinski definition) is 2. The van der Waals surface area contributed by atoms with Crippen LogP contribution in [0.15, 0.2) is 64.9 Å². The van der Waals surface area contributed by atoms with Crippen LogP contribution in [0.4, 0.5) is 0 Å². The molecule has 2 aromatic rings. The largest absolute Gasteiger partial charge is 0.219 e. The van der Waals surface area contributed by atoms with Gasteiger partial charge >= 0.3 is 0 Å². The van der Waals surface area contributed by atoms with E-state index in [0.717, 1.165) is 5.56 Å². The van der Waals surface area contributed by atoms with Gasteiger partial charge in [0.1, 0.15) is 0 Å². The van der Waals surface area contributed by atoms with Crippen molar-refractivity contribution in [2.45, 2.75) is 4.90 Å². The first-order valence-electron chi connectivity index (χ1n) is 5.32. The van der Waals surface area contributed by atoms with Gasteiger partial charge in [-0.25, -0.2) is 8.42 Å². The van der Waals surface area contributed by atoms with Gasteiger partial charge in [-0.15, -0.1) is 0 Å². The lowest BCUT2D eigenvalue weighted by molar-refractivity contribution is 0.605. The summed E-state index contributed by atoms with van der Waals surface area (Å²) in [6, 6.07) is 15.4. The summed E-state index contributed by atoms with van der Waals surface area (Å²) >= 11 is 5.72. The molecule has 0 heterocycles. The van der Waals surface area contributed by atoms with Crippen molar-refractivity contribution in [3.63, 3.8) is 0 Å². The van der Waals surface area contributed by atoms with E-state index < -0.39 is 9.84 Å². The molecule has 4 heteroatoms. The molecule has 0 amide bonds. The van der Waals surface area contributed by atoms with E-state index in [0.29, 0.717) is 5.02 Å². The summed E-state index contributed by atoms with van der Waals surface area (Å²) in [5.74, 6) is 0. The Labute approximate surface area is 111 Å². The standard InChI is InChI=1S/C14H11ClO2S/c15-13-6-8-14(9-7-13)18(16,17)11-10-12-4-2-1-3-5-12/h1-11H/b11-10-. The average molecular weight is 279 g/mol. The Hall–Kier alpha value is -1.58. The second-order valence-corrected chi connectivity index (χ2v) is 5.98. The fourth-order valence-corrected chi connectivity index (χ4v) is 2.57. The summed E-state index contributed by atoms with van der Waals surface area (Å²) in [6.07, 6.45) is 1.57. The highest BCUT2D eigenvalue weighted by molar-refractivity contribution is 7.94. The Morgan fingerprint density at radius 3 is 2.11 bits per heavy atom. The van der Waals surface area contributed by atoms with Gasteiger partial charge in [-0.2, -0.15) is 0 Å². The normalized spacial score (nSPS) is 11.8. The third kappa shape index (κ3) is 3.22. The molecule has 0 N–H and O–H groups in total. The van der Waals surface area contributed by atoms with Gasteiger partial charge in [0, 0.05) is 10.4 Å². The molecule has 0 aliphatic carbocycles. The highest BCUT2D eigenvalue weighted by Gasteiger charge is 2.09. The summed E-state index contributed by atoms with van der Waals surface area (Å²) in [7, 11) is -3.41. The van der Waals surface area contributed by atoms with Crippen molar-refractivity contribution < 1.29 is 8.42 Å². The van der Waals surface area contributed by atoms with Gasteiger partial charge in [-0.1, -0.05) is 41.9 Å². The molecule has 18 heavy (non-hydrogen) atoms. The molecule has 0 aromatic heterocycles. The number of hydrogen-bond donors (Lipinski definition) is 0. The van der Waals surface area contributed by atoms with Gasteiger partial charge < -0.3 is 0 Å². The number of halogens is 1. The van der Waals surface area contributed by atoms with Crippen LogP contribution < -0.4 is 0 Å². The van der Waals surface area contributed by atoms with Gasteiger partial charge in [0.2, 0.25) is 0 Å². The number of benzene rings is 2. The van der Waals surface area contributed by atoms with Gasteiger partial charge in [0.05, 0.1) is 4.90 Å². The maximum atomic E-state index is 12.0. The molecule has 0 aliphatic heterocycles. The van der Waals surface area contributed by atoms with Crippen molar-refractivity contribution in [1.29, 1.82) is 0 Å². The van der Waals surface area contributed by atoms with E-state index in [1.807, 2.05) is 30.3 Å². The van der Waals surface area contributed by atoms with Crippen LogP contribution in [0.3, 0.4) is 0 Å². The molecule has 0 bridgehead atoms. The zero-order valence-corrected chi connectivity index (χ0v) is 11.0. The van der Waals surface area contributed by atoms with Crippen LogP contribution in [0, 0.1) is 0 Å². The Kier molecular flexibility index (Phi) is 3.84. The number of rotatable bonds is 3. The highest BCUT2D eigenvalue weighted by Crippen LogP contribution is 2.17. The van der Waals surface area contributed by atoms with Crippen molar-refractivity contribution in [2.75, 3.05) is 0 Å². The monoisotopic (exact) mass is 278 g/mol. The van der Waals surface area contributed by atoms with Crippen molar-refractivity contribution in [3.8, 4) is 0 Å². The van der Waals surface area contributed by atoms with E-state index in [4.69, 9.17) is 11.6 Å². The minimum Gasteiger partial charge on any atom is -0.219 e. The lowest BCUT2D eigenvalue weighted by atomic mass is 10.2. The van der Waals surface area contributed by atoms with E-state index in [1.54, 1.807) is 18.2 Å². The molecule has 0 atom stereocenters. The molecule has 0 saturated heterocycles. The smallest absolute Gasteiger partial charge is 0.199 e. The molecule has 2 nitrogen and oxygen atoms in total. The average Bonchev–Trinajstić information content (AvgIpc) is 2.38. The predicted octanol–water partition coefficient (Wildman–Crippen LogP) is 3.78. The van der Waals surface area contributed by atoms with Crippen LogP contribution in [-0.2, 0) is 9.84 Å². The van der Waals surface area contributed by atoms with Gasteiger partial charge in [-0.05, 0) is 35.9 Å². The highest BCUT2D eigenvalue weighted by atomic mass is 35.5. The van der Waals surface area contributed by atoms with Crippen LogP contribution in [0.1, 0.15) is 5.56 Å². The SMILES string of the molecule is O=S(=O)(/C=C\c1ccccc1)c1ccc(Cl)cc1. The summed E-state index contributed by atoms with van der Waals surface area (Å²) < 4.78 is 24.0. The van der Waals surface area contributed by atoms with E-state index in [-0.39, 0.29) is 4.90 Å². The van der Waals surface area contributed by atoms with Crippen molar-refractivity contribution in [3.05, 3.63) is 70.6 Å². The van der Waals surface area contributed by atoms with Gasteiger partial charge in [0.25, 0.3) is 0 Å². The van der Waals surface area contributed by atoms with Crippen molar-refractivity contribution >= 4 is 27.5 Å². The van der Waals surface area contributed by atoms with Crippen LogP contribution >= 0.6 is 11.6 Å². The zero-order chi connectivity index (χ0) is 13.0. The van der Waals surface area contributed by atoms with E-state index in [2.05, 4.69) is 0 Å². The Morgan fingerprint density at radius 1 is 0.889 bits per heavy atom. The maximum absolute atomic E-state index is 12.0. The third-order valence-corrected chi connectivity index (χ3v) is 4.06. The summed E-state index contributed by atoms with van der Waals surface area (Å²) in [4.78, 5) is 0.235. The second kappa shape index (κ2) is 5.38. The van der Waals surface area contributed by atoms with Crippen LogP contribution in [0.2, 0.25) is 5.02 Å². The first-order valence-corrected chi connectivity index (χ1v) is 7.24. The molecule has 0 radical (unpaired) electrons. The van der Waals surface area contributed by atoms with Crippen LogP contribution in [0.25, 0.3) is 6.08 Å². The second-order valence-electron chi connectivity index (χ2n) is 3.71. The fourth-order valence-electron chi connectivity index (χ4n) is 1.44. The lowest BCUT2D eigenvalue weighted by Gasteiger charge is -1.99. The minimum atomic E-state index is -3.41. The molecule has 0 spiro atoms. The Bertz CT molecular complexity index is 644. The summed E-state index contributed by atoms with van der Waals surface area (Å²) in [5.41, 5.74) is 0.843. The molecule has 0 unspecified atom stereocenters. The Morgan fingerprint density at radius 2 is 1.50 bits per heavy atom. The summed E-state index contributed by atoms with van der Waals surface area (Å²) in [5, 5.41) is 1.71. The lowest BCUT2D eigenvalue weighted by Crippen LogP contribution is -1.95. The molecular formula is C14H11ClO2S. The van der Waals surface area contributed by atoms with E-state index in [9.17, 15) is 8.42 Å². The minimum absolute atomic E-state index is 0.235. The van der Waals surface area contributed by atoms with Crippen molar-refractivity contribution in [1.82, 2.24) is 0 Å².